The van der Waals surface area contributed by atoms with E-state index in [4.69, 9.17) is 4.42 Å². The van der Waals surface area contributed by atoms with Crippen molar-refractivity contribution in [1.82, 2.24) is 5.32 Å². The molecule has 1 aromatic heterocycles. The van der Waals surface area contributed by atoms with E-state index in [9.17, 15) is 9.59 Å². The highest BCUT2D eigenvalue weighted by Gasteiger charge is 2.18. The third-order valence-corrected chi connectivity index (χ3v) is 5.65. The minimum Gasteiger partial charge on any atom is -0.464 e. The Morgan fingerprint density at radius 3 is 2.69 bits per heavy atom. The lowest BCUT2D eigenvalue weighted by Gasteiger charge is -2.14. The number of hydrogen-bond donors (Lipinski definition) is 2. The third kappa shape index (κ3) is 4.04. The van der Waals surface area contributed by atoms with Gasteiger partial charge in [-0.3, -0.25) is 9.59 Å². The first-order valence-corrected chi connectivity index (χ1v) is 10.3. The van der Waals surface area contributed by atoms with E-state index in [1.54, 1.807) is 24.5 Å². The van der Waals surface area contributed by atoms with E-state index in [0.717, 1.165) is 35.8 Å². The van der Waals surface area contributed by atoms with E-state index in [1.165, 1.54) is 17.5 Å². The maximum Gasteiger partial charge on any atom is 0.253 e. The Balaban J connectivity index is 1.51. The summed E-state index contributed by atoms with van der Waals surface area (Å²) in [6, 6.07) is 11.4. The molecule has 0 bridgehead atoms. The summed E-state index contributed by atoms with van der Waals surface area (Å²) in [6.45, 7) is 3.98. The van der Waals surface area contributed by atoms with Gasteiger partial charge in [0.1, 0.15) is 5.58 Å². The van der Waals surface area contributed by atoms with Gasteiger partial charge in [-0.15, -0.1) is 0 Å². The largest absolute Gasteiger partial charge is 0.464 e. The van der Waals surface area contributed by atoms with Crippen LogP contribution in [0.15, 0.2) is 47.1 Å². The summed E-state index contributed by atoms with van der Waals surface area (Å²) in [7, 11) is 0. The van der Waals surface area contributed by atoms with Gasteiger partial charge in [-0.2, -0.15) is 0 Å². The Hall–Kier alpha value is -3.08. The molecular formula is C24H26N2O3. The van der Waals surface area contributed by atoms with Crippen molar-refractivity contribution in [2.24, 2.45) is 0 Å². The summed E-state index contributed by atoms with van der Waals surface area (Å²) in [6.07, 6.45) is 6.07. The fraction of sp³-hybridized carbons (Fsp3) is 0.333. The number of nitrogens with one attached hydrogen (secondary N) is 2. The second kappa shape index (κ2) is 8.11. The number of fused-ring (bicyclic) bond motifs is 2. The molecule has 2 amide bonds. The molecule has 0 spiro atoms. The second-order valence-corrected chi connectivity index (χ2v) is 7.78. The molecule has 2 aromatic carbocycles. The molecule has 3 aromatic rings. The molecule has 0 fully saturated rings. The van der Waals surface area contributed by atoms with Gasteiger partial charge in [0.05, 0.1) is 23.9 Å². The molecular weight excluding hydrogens is 364 g/mol. The third-order valence-electron chi connectivity index (χ3n) is 5.65. The first kappa shape index (κ1) is 19.2. The van der Waals surface area contributed by atoms with Crippen LogP contribution in [0.4, 0.5) is 5.69 Å². The Labute approximate surface area is 170 Å². The number of amides is 2. The van der Waals surface area contributed by atoms with Crippen LogP contribution in [0.5, 0.6) is 0 Å². The number of carbonyl (C=O) groups is 2. The average Bonchev–Trinajstić information content (AvgIpc) is 3.33. The van der Waals surface area contributed by atoms with Crippen LogP contribution in [0.3, 0.4) is 0 Å². The van der Waals surface area contributed by atoms with Crippen molar-refractivity contribution in [3.05, 3.63) is 64.9 Å². The van der Waals surface area contributed by atoms with Gasteiger partial charge in [0.2, 0.25) is 5.91 Å². The van der Waals surface area contributed by atoms with E-state index in [2.05, 4.69) is 22.8 Å². The Morgan fingerprint density at radius 1 is 1.14 bits per heavy atom. The lowest BCUT2D eigenvalue weighted by Crippen LogP contribution is -2.32. The highest BCUT2D eigenvalue weighted by molar-refractivity contribution is 6.04. The Morgan fingerprint density at radius 2 is 1.90 bits per heavy atom. The SMILES string of the molecule is CCC(C)NC(=O)c1ccccc1NC(=O)Cc1coc2cc3c(cc12)CCC3. The zero-order valence-corrected chi connectivity index (χ0v) is 16.9. The highest BCUT2D eigenvalue weighted by atomic mass is 16.3. The summed E-state index contributed by atoms with van der Waals surface area (Å²) >= 11 is 0. The maximum atomic E-state index is 12.7. The number of carbonyl (C=O) groups excluding carboxylic acids is 2. The molecule has 1 aliphatic rings. The van der Waals surface area contributed by atoms with Crippen molar-refractivity contribution < 1.29 is 14.0 Å². The van der Waals surface area contributed by atoms with Gasteiger partial charge in [0.25, 0.3) is 5.91 Å². The van der Waals surface area contributed by atoms with Crippen molar-refractivity contribution in [3.8, 4) is 0 Å². The van der Waals surface area contributed by atoms with Gasteiger partial charge in [0.15, 0.2) is 0 Å². The number of para-hydroxylation sites is 1. The summed E-state index contributed by atoms with van der Waals surface area (Å²) < 4.78 is 5.70. The number of furan rings is 1. The molecule has 1 unspecified atom stereocenters. The molecule has 29 heavy (non-hydrogen) atoms. The molecule has 0 aliphatic heterocycles. The number of anilines is 1. The molecule has 1 heterocycles. The minimum atomic E-state index is -0.181. The fourth-order valence-corrected chi connectivity index (χ4v) is 3.85. The first-order valence-electron chi connectivity index (χ1n) is 10.3. The van der Waals surface area contributed by atoms with Crippen molar-refractivity contribution in [2.75, 3.05) is 5.32 Å². The van der Waals surface area contributed by atoms with E-state index in [1.807, 2.05) is 19.9 Å². The number of hydrogen-bond acceptors (Lipinski definition) is 3. The molecule has 150 valence electrons. The molecule has 0 radical (unpaired) electrons. The van der Waals surface area contributed by atoms with E-state index in [-0.39, 0.29) is 24.3 Å². The van der Waals surface area contributed by atoms with Crippen LogP contribution in [-0.2, 0) is 24.1 Å². The first-order chi connectivity index (χ1) is 14.0. The number of rotatable bonds is 6. The molecule has 0 saturated heterocycles. The van der Waals surface area contributed by atoms with Crippen molar-refractivity contribution >= 4 is 28.5 Å². The van der Waals surface area contributed by atoms with Gasteiger partial charge in [-0.1, -0.05) is 19.1 Å². The van der Waals surface area contributed by atoms with Crippen molar-refractivity contribution in [2.45, 2.75) is 52.0 Å². The van der Waals surface area contributed by atoms with Gasteiger partial charge in [-0.05, 0) is 68.0 Å². The predicted molar refractivity (Wildman–Crippen MR) is 114 cm³/mol. The summed E-state index contributed by atoms with van der Waals surface area (Å²) in [5.41, 5.74) is 5.40. The maximum absolute atomic E-state index is 12.7. The van der Waals surface area contributed by atoms with E-state index < -0.39 is 0 Å². The predicted octanol–water partition coefficient (Wildman–Crippen LogP) is 4.63. The number of aryl methyl sites for hydroxylation is 2. The lowest BCUT2D eigenvalue weighted by molar-refractivity contribution is -0.115. The monoisotopic (exact) mass is 390 g/mol. The van der Waals surface area contributed by atoms with Crippen LogP contribution in [0.1, 0.15) is 53.7 Å². The average molecular weight is 390 g/mol. The molecule has 2 N–H and O–H groups in total. The second-order valence-electron chi connectivity index (χ2n) is 7.78. The molecule has 4 rings (SSSR count). The quantitative estimate of drug-likeness (QED) is 0.645. The highest BCUT2D eigenvalue weighted by Crippen LogP contribution is 2.30. The van der Waals surface area contributed by atoms with Crippen LogP contribution in [0, 0.1) is 0 Å². The Kier molecular flexibility index (Phi) is 5.38. The van der Waals surface area contributed by atoms with Gasteiger partial charge in [-0.25, -0.2) is 0 Å². The fourth-order valence-electron chi connectivity index (χ4n) is 3.85. The Bertz CT molecular complexity index is 1070. The van der Waals surface area contributed by atoms with Gasteiger partial charge < -0.3 is 15.1 Å². The summed E-state index contributed by atoms with van der Waals surface area (Å²) in [5.74, 6) is -0.350. The molecule has 1 aliphatic carbocycles. The molecule has 5 nitrogen and oxygen atoms in total. The van der Waals surface area contributed by atoms with Crippen LogP contribution in [0.2, 0.25) is 0 Å². The van der Waals surface area contributed by atoms with Gasteiger partial charge >= 0.3 is 0 Å². The van der Waals surface area contributed by atoms with Crippen LogP contribution in [0.25, 0.3) is 11.0 Å². The van der Waals surface area contributed by atoms with E-state index >= 15 is 0 Å². The molecule has 1 atom stereocenters. The van der Waals surface area contributed by atoms with Crippen LogP contribution >= 0.6 is 0 Å². The summed E-state index contributed by atoms with van der Waals surface area (Å²) in [4.78, 5) is 25.3. The number of benzene rings is 2. The van der Waals surface area contributed by atoms with Gasteiger partial charge in [0, 0.05) is 17.0 Å². The standard InChI is InChI=1S/C24H26N2O3/c1-3-15(2)25-24(28)19-9-4-5-10-21(19)26-23(27)13-18-14-29-22-12-17-8-6-7-16(17)11-20(18)22/h4-5,9-12,14-15H,3,6-8,13H2,1-2H3,(H,25,28)(H,26,27). The normalized spacial score (nSPS) is 13.9. The zero-order valence-electron chi connectivity index (χ0n) is 16.9. The molecule has 0 saturated carbocycles. The minimum absolute atomic E-state index is 0.0743. The zero-order chi connectivity index (χ0) is 20.4. The van der Waals surface area contributed by atoms with Crippen molar-refractivity contribution in [3.63, 3.8) is 0 Å². The summed E-state index contributed by atoms with van der Waals surface area (Å²) in [5, 5.41) is 6.85. The van der Waals surface area contributed by atoms with Crippen LogP contribution in [-0.4, -0.2) is 17.9 Å². The molecule has 5 heteroatoms. The van der Waals surface area contributed by atoms with E-state index in [0.29, 0.717) is 11.3 Å². The lowest BCUT2D eigenvalue weighted by atomic mass is 10.0. The topological polar surface area (TPSA) is 71.3 Å². The van der Waals surface area contributed by atoms with Crippen LogP contribution < -0.4 is 10.6 Å². The smallest absolute Gasteiger partial charge is 0.253 e. The van der Waals surface area contributed by atoms with Crippen molar-refractivity contribution in [1.29, 1.82) is 0 Å².